The minimum atomic E-state index is -3.21. The highest BCUT2D eigenvalue weighted by atomic mass is 35.5. The molecule has 1 aliphatic rings. The lowest BCUT2D eigenvalue weighted by Crippen LogP contribution is -3.11. The molecule has 8 nitrogen and oxygen atoms in total. The molecule has 0 bridgehead atoms. The van der Waals surface area contributed by atoms with Gasteiger partial charge in [0.2, 0.25) is 0 Å². The van der Waals surface area contributed by atoms with Crippen molar-refractivity contribution in [2.75, 3.05) is 44.1 Å². The number of quaternary nitrogens is 1. The number of amides is 2. The quantitative estimate of drug-likeness (QED) is 0.488. The molecule has 1 aromatic rings. The molecular formula is C16H23ClN3O5S+. The van der Waals surface area contributed by atoms with E-state index in [1.54, 1.807) is 38.4 Å². The molecule has 1 saturated heterocycles. The number of rotatable bonds is 7. The third kappa shape index (κ3) is 6.15. The molecule has 1 aliphatic heterocycles. The van der Waals surface area contributed by atoms with Crippen molar-refractivity contribution >= 4 is 38.9 Å². The minimum absolute atomic E-state index is 0.0334. The number of halogens is 1. The monoisotopic (exact) mass is 404 g/mol. The molecule has 1 aromatic carbocycles. The summed E-state index contributed by atoms with van der Waals surface area (Å²) in [6.45, 7) is 0.115. The second-order valence-corrected chi connectivity index (χ2v) is 9.07. The molecule has 0 aliphatic carbocycles. The number of likely N-dealkylation sites (N-methyl/N-ethyl adjacent to an activating group) is 1. The predicted octanol–water partition coefficient (Wildman–Crippen LogP) is -1.33. The Balaban J connectivity index is 1.79. The van der Waals surface area contributed by atoms with E-state index in [0.717, 1.165) is 0 Å². The standard InChI is InChI=1S/C16H22ClN3O5S/c1-20(7-15(21)18-11-4-3-5-12(6-11)25-2)8-16(22)19-14-10-26(23,24)9-13(14)17/h3-6,13-14H,7-10H2,1-2H3,(H,18,21)(H,19,22)/p+1/t13-,14-/m0/s1. The van der Waals surface area contributed by atoms with E-state index >= 15 is 0 Å². The van der Waals surface area contributed by atoms with Crippen LogP contribution in [0, 0.1) is 0 Å². The first kappa shape index (κ1) is 20.5. The molecule has 2 amide bonds. The second-order valence-electron chi connectivity index (χ2n) is 6.36. The van der Waals surface area contributed by atoms with Gasteiger partial charge in [-0.1, -0.05) is 6.07 Å². The first-order chi connectivity index (χ1) is 12.2. The van der Waals surface area contributed by atoms with Crippen LogP contribution in [0.3, 0.4) is 0 Å². The lowest BCUT2D eigenvalue weighted by molar-refractivity contribution is -0.862. The molecule has 1 unspecified atom stereocenters. The maximum atomic E-state index is 12.1. The van der Waals surface area contributed by atoms with Crippen LogP contribution >= 0.6 is 11.6 Å². The van der Waals surface area contributed by atoms with Crippen molar-refractivity contribution in [3.63, 3.8) is 0 Å². The van der Waals surface area contributed by atoms with Crippen LogP contribution in [0.25, 0.3) is 0 Å². The van der Waals surface area contributed by atoms with E-state index in [9.17, 15) is 18.0 Å². The van der Waals surface area contributed by atoms with Gasteiger partial charge in [0.1, 0.15) is 5.75 Å². The number of carbonyl (C=O) groups excluding carboxylic acids is 2. The normalized spacial score (nSPS) is 22.4. The van der Waals surface area contributed by atoms with E-state index < -0.39 is 21.3 Å². The SMILES string of the molecule is COc1cccc(NC(=O)C[NH+](C)CC(=O)N[C@H]2CS(=O)(=O)C[C@@H]2Cl)c1. The molecule has 3 atom stereocenters. The van der Waals surface area contributed by atoms with Gasteiger partial charge >= 0.3 is 0 Å². The Hall–Kier alpha value is -1.84. The van der Waals surface area contributed by atoms with Crippen molar-refractivity contribution in [1.82, 2.24) is 5.32 Å². The summed E-state index contributed by atoms with van der Waals surface area (Å²) in [5.41, 5.74) is 0.604. The van der Waals surface area contributed by atoms with Crippen LogP contribution in [0.5, 0.6) is 5.75 Å². The minimum Gasteiger partial charge on any atom is -0.497 e. The van der Waals surface area contributed by atoms with Crippen molar-refractivity contribution in [2.45, 2.75) is 11.4 Å². The van der Waals surface area contributed by atoms with E-state index in [0.29, 0.717) is 16.3 Å². The van der Waals surface area contributed by atoms with Gasteiger partial charge in [-0.15, -0.1) is 11.6 Å². The summed E-state index contributed by atoms with van der Waals surface area (Å²) in [5.74, 6) is -0.246. The summed E-state index contributed by atoms with van der Waals surface area (Å²) in [6.07, 6.45) is 0. The van der Waals surface area contributed by atoms with Gasteiger partial charge in [0.05, 0.1) is 37.1 Å². The average Bonchev–Trinajstić information content (AvgIpc) is 2.78. The van der Waals surface area contributed by atoms with Gasteiger partial charge in [-0.3, -0.25) is 9.59 Å². The fourth-order valence-electron chi connectivity index (χ4n) is 2.71. The van der Waals surface area contributed by atoms with Crippen LogP contribution in [-0.2, 0) is 19.4 Å². The molecule has 10 heteroatoms. The third-order valence-corrected chi connectivity index (χ3v) is 6.28. The number of ether oxygens (including phenoxy) is 1. The van der Waals surface area contributed by atoms with E-state index in [4.69, 9.17) is 16.3 Å². The Bertz CT molecular complexity index is 771. The van der Waals surface area contributed by atoms with E-state index in [1.165, 1.54) is 0 Å². The van der Waals surface area contributed by atoms with Gasteiger partial charge in [0.15, 0.2) is 22.9 Å². The summed E-state index contributed by atoms with van der Waals surface area (Å²) in [6, 6.07) is 6.37. The smallest absolute Gasteiger partial charge is 0.279 e. The van der Waals surface area contributed by atoms with Crippen LogP contribution in [-0.4, -0.2) is 70.4 Å². The van der Waals surface area contributed by atoms with Crippen LogP contribution < -0.4 is 20.3 Å². The van der Waals surface area contributed by atoms with Crippen molar-refractivity contribution in [1.29, 1.82) is 0 Å². The number of nitrogens with one attached hydrogen (secondary N) is 3. The van der Waals surface area contributed by atoms with Gasteiger partial charge in [-0.25, -0.2) is 8.42 Å². The van der Waals surface area contributed by atoms with E-state index in [-0.39, 0.29) is 36.4 Å². The Morgan fingerprint density at radius 2 is 1.96 bits per heavy atom. The predicted molar refractivity (Wildman–Crippen MR) is 98.5 cm³/mol. The number of anilines is 1. The number of benzene rings is 1. The lowest BCUT2D eigenvalue weighted by Gasteiger charge is -2.17. The van der Waals surface area contributed by atoms with Crippen molar-refractivity contribution in [2.24, 2.45) is 0 Å². The van der Waals surface area contributed by atoms with Gasteiger partial charge in [-0.05, 0) is 12.1 Å². The fraction of sp³-hybridized carbons (Fsp3) is 0.500. The Kier molecular flexibility index (Phi) is 6.85. The summed E-state index contributed by atoms with van der Waals surface area (Å²) < 4.78 is 28.1. The Morgan fingerprint density at radius 1 is 1.27 bits per heavy atom. The van der Waals surface area contributed by atoms with Crippen LogP contribution in [0.15, 0.2) is 24.3 Å². The summed E-state index contributed by atoms with van der Waals surface area (Å²) in [4.78, 5) is 24.8. The molecule has 0 saturated carbocycles. The molecule has 144 valence electrons. The molecule has 0 radical (unpaired) electrons. The van der Waals surface area contributed by atoms with Crippen molar-refractivity contribution in [3.05, 3.63) is 24.3 Å². The molecular weight excluding hydrogens is 382 g/mol. The largest absolute Gasteiger partial charge is 0.497 e. The number of hydrogen-bond acceptors (Lipinski definition) is 5. The van der Waals surface area contributed by atoms with Gasteiger partial charge in [0.25, 0.3) is 11.8 Å². The van der Waals surface area contributed by atoms with Crippen LogP contribution in [0.1, 0.15) is 0 Å². The topological polar surface area (TPSA) is 106 Å². The Morgan fingerprint density at radius 3 is 2.58 bits per heavy atom. The van der Waals surface area contributed by atoms with Crippen molar-refractivity contribution in [3.8, 4) is 5.75 Å². The van der Waals surface area contributed by atoms with Gasteiger partial charge in [-0.2, -0.15) is 0 Å². The Labute approximate surface area is 157 Å². The first-order valence-corrected chi connectivity index (χ1v) is 10.3. The summed E-state index contributed by atoms with van der Waals surface area (Å²) in [7, 11) is 0.0369. The summed E-state index contributed by atoms with van der Waals surface area (Å²) in [5, 5.41) is 4.75. The van der Waals surface area contributed by atoms with E-state index in [2.05, 4.69) is 10.6 Å². The van der Waals surface area contributed by atoms with Crippen LogP contribution in [0.4, 0.5) is 5.69 Å². The maximum absolute atomic E-state index is 12.1. The molecule has 3 N–H and O–H groups in total. The number of alkyl halides is 1. The van der Waals surface area contributed by atoms with E-state index in [1.807, 2.05) is 0 Å². The number of carbonyl (C=O) groups is 2. The highest BCUT2D eigenvalue weighted by molar-refractivity contribution is 7.91. The first-order valence-electron chi connectivity index (χ1n) is 8.07. The molecule has 0 spiro atoms. The summed E-state index contributed by atoms with van der Waals surface area (Å²) >= 11 is 5.97. The van der Waals surface area contributed by atoms with Crippen LogP contribution in [0.2, 0.25) is 0 Å². The third-order valence-electron chi connectivity index (χ3n) is 3.91. The van der Waals surface area contributed by atoms with Gasteiger partial charge in [0, 0.05) is 11.8 Å². The number of methoxy groups -OCH3 is 1. The number of hydrogen-bond donors (Lipinski definition) is 3. The fourth-order valence-corrected chi connectivity index (χ4v) is 5.26. The highest BCUT2D eigenvalue weighted by Crippen LogP contribution is 2.18. The molecule has 1 heterocycles. The maximum Gasteiger partial charge on any atom is 0.279 e. The molecule has 0 aromatic heterocycles. The lowest BCUT2D eigenvalue weighted by atomic mass is 10.2. The second kappa shape index (κ2) is 8.70. The van der Waals surface area contributed by atoms with Crippen molar-refractivity contribution < 1.29 is 27.6 Å². The van der Waals surface area contributed by atoms with Gasteiger partial charge < -0.3 is 20.3 Å². The molecule has 2 rings (SSSR count). The number of sulfone groups is 1. The highest BCUT2D eigenvalue weighted by Gasteiger charge is 2.37. The zero-order valence-electron chi connectivity index (χ0n) is 14.6. The zero-order chi connectivity index (χ0) is 19.3. The zero-order valence-corrected chi connectivity index (χ0v) is 16.2. The average molecular weight is 405 g/mol. The molecule has 26 heavy (non-hydrogen) atoms. The molecule has 1 fully saturated rings.